The number of aryl methyl sites for hydroxylation is 1. The molecule has 2 atom stereocenters. The molecule has 2 unspecified atom stereocenters. The number of carbonyl (C=O) groups excluding carboxylic acids is 2. The van der Waals surface area contributed by atoms with Crippen LogP contribution < -0.4 is 16.0 Å². The number of hydrogen-bond acceptors (Lipinski definition) is 6. The monoisotopic (exact) mass is 406 g/mol. The highest BCUT2D eigenvalue weighted by molar-refractivity contribution is 6.32. The molecule has 3 rings (SSSR count). The van der Waals surface area contributed by atoms with Crippen LogP contribution in [0.4, 0.5) is 11.5 Å². The Hall–Kier alpha value is -2.98. The zero-order chi connectivity index (χ0) is 20.4. The lowest BCUT2D eigenvalue weighted by atomic mass is 10.1. The topological polar surface area (TPSA) is 131 Å². The maximum atomic E-state index is 12.6. The number of halogens is 1. The van der Waals surface area contributed by atoms with Crippen molar-refractivity contribution in [3.8, 4) is 0 Å². The summed E-state index contributed by atoms with van der Waals surface area (Å²) in [6, 6.07) is 5.44. The molecule has 0 spiro atoms. The second-order valence-corrected chi connectivity index (χ2v) is 6.85. The van der Waals surface area contributed by atoms with Gasteiger partial charge >= 0.3 is 0 Å². The molecule has 2 heterocycles. The van der Waals surface area contributed by atoms with Crippen LogP contribution in [-0.2, 0) is 4.79 Å². The van der Waals surface area contributed by atoms with Crippen molar-refractivity contribution in [2.75, 3.05) is 5.32 Å². The van der Waals surface area contributed by atoms with Crippen molar-refractivity contribution in [1.82, 2.24) is 20.4 Å². The fraction of sp³-hybridized carbons (Fsp3) is 0.353. The summed E-state index contributed by atoms with van der Waals surface area (Å²) in [5, 5.41) is 24.1. The fourth-order valence-electron chi connectivity index (χ4n) is 2.94. The SMILES string of the molecule is CCC1CC(=O)NC(n2nc(C)cc2NC(=O)c2ccc(Cl)c([N+](=O)[O-])c2)N1. The Labute approximate surface area is 165 Å². The smallest absolute Gasteiger partial charge is 0.288 e. The van der Waals surface area contributed by atoms with E-state index < -0.39 is 17.1 Å². The van der Waals surface area contributed by atoms with Gasteiger partial charge in [0.15, 0.2) is 6.29 Å². The zero-order valence-corrected chi connectivity index (χ0v) is 16.0. The zero-order valence-electron chi connectivity index (χ0n) is 15.2. The highest BCUT2D eigenvalue weighted by atomic mass is 35.5. The number of aromatic nitrogens is 2. The molecule has 2 amide bonds. The quantitative estimate of drug-likeness (QED) is 0.516. The van der Waals surface area contributed by atoms with E-state index in [2.05, 4.69) is 21.0 Å². The first-order chi connectivity index (χ1) is 13.3. The average Bonchev–Trinajstić information content (AvgIpc) is 3.01. The molecule has 0 saturated carbocycles. The van der Waals surface area contributed by atoms with Crippen molar-refractivity contribution >= 4 is 34.9 Å². The van der Waals surface area contributed by atoms with Crippen LogP contribution >= 0.6 is 11.6 Å². The van der Waals surface area contributed by atoms with Crippen molar-refractivity contribution in [1.29, 1.82) is 0 Å². The third kappa shape index (κ3) is 4.12. The van der Waals surface area contributed by atoms with Crippen molar-refractivity contribution in [3.63, 3.8) is 0 Å². The molecule has 1 aliphatic heterocycles. The minimum absolute atomic E-state index is 0.00859. The van der Waals surface area contributed by atoms with Crippen LogP contribution in [0.3, 0.4) is 0 Å². The van der Waals surface area contributed by atoms with E-state index in [-0.39, 0.29) is 28.2 Å². The Kier molecular flexibility index (Phi) is 5.61. The first-order valence-electron chi connectivity index (χ1n) is 8.65. The van der Waals surface area contributed by atoms with Crippen LogP contribution in [0.25, 0.3) is 0 Å². The van der Waals surface area contributed by atoms with E-state index >= 15 is 0 Å². The Morgan fingerprint density at radius 3 is 2.89 bits per heavy atom. The van der Waals surface area contributed by atoms with Crippen LogP contribution in [0.5, 0.6) is 0 Å². The van der Waals surface area contributed by atoms with Crippen LogP contribution in [0.1, 0.15) is 42.1 Å². The van der Waals surface area contributed by atoms with E-state index in [0.717, 1.165) is 12.5 Å². The summed E-state index contributed by atoms with van der Waals surface area (Å²) in [5.41, 5.74) is 0.353. The standard InChI is InChI=1S/C17H19ClN6O4/c1-3-11-8-15(25)21-17(19-11)23-14(6-9(2)22-23)20-16(26)10-4-5-12(18)13(7-10)24(27)28/h4-7,11,17,19H,3,8H2,1-2H3,(H,20,26)(H,21,25). The molecule has 1 aliphatic rings. The number of rotatable bonds is 5. The minimum Gasteiger partial charge on any atom is -0.322 e. The van der Waals surface area contributed by atoms with Gasteiger partial charge in [-0.15, -0.1) is 0 Å². The van der Waals surface area contributed by atoms with Gasteiger partial charge in [-0.3, -0.25) is 25.0 Å². The normalized spacial score (nSPS) is 19.2. The predicted molar refractivity (Wildman–Crippen MR) is 102 cm³/mol. The van der Waals surface area contributed by atoms with Gasteiger partial charge in [-0.2, -0.15) is 5.10 Å². The molecule has 0 aliphatic carbocycles. The van der Waals surface area contributed by atoms with Gasteiger partial charge in [-0.25, -0.2) is 4.68 Å². The number of nitrogens with one attached hydrogen (secondary N) is 3. The Balaban J connectivity index is 1.85. The van der Waals surface area contributed by atoms with Gasteiger partial charge in [0.25, 0.3) is 11.6 Å². The van der Waals surface area contributed by atoms with Crippen molar-refractivity contribution in [2.45, 2.75) is 39.0 Å². The maximum absolute atomic E-state index is 12.6. The van der Waals surface area contributed by atoms with Gasteiger partial charge in [0.1, 0.15) is 10.8 Å². The van der Waals surface area contributed by atoms with E-state index in [1.54, 1.807) is 13.0 Å². The molecule has 28 heavy (non-hydrogen) atoms. The molecule has 1 aromatic carbocycles. The third-order valence-electron chi connectivity index (χ3n) is 4.36. The molecule has 10 nitrogen and oxygen atoms in total. The summed E-state index contributed by atoms with van der Waals surface area (Å²) >= 11 is 5.79. The van der Waals surface area contributed by atoms with Crippen molar-refractivity contribution < 1.29 is 14.5 Å². The number of nitro benzene ring substituents is 1. The summed E-state index contributed by atoms with van der Waals surface area (Å²) in [5.74, 6) is -0.334. The first-order valence-corrected chi connectivity index (χ1v) is 9.03. The lowest BCUT2D eigenvalue weighted by Gasteiger charge is -2.31. The van der Waals surface area contributed by atoms with Gasteiger partial charge in [-0.1, -0.05) is 18.5 Å². The van der Waals surface area contributed by atoms with Gasteiger partial charge in [0.2, 0.25) is 5.91 Å². The van der Waals surface area contributed by atoms with Crippen molar-refractivity contribution in [2.24, 2.45) is 0 Å². The molecule has 2 aromatic rings. The Morgan fingerprint density at radius 2 is 2.21 bits per heavy atom. The van der Waals surface area contributed by atoms with E-state index in [0.29, 0.717) is 17.9 Å². The van der Waals surface area contributed by atoms with Crippen molar-refractivity contribution in [3.05, 3.63) is 50.7 Å². The molecule has 3 N–H and O–H groups in total. The van der Waals surface area contributed by atoms with Crippen LogP contribution in [0, 0.1) is 17.0 Å². The van der Waals surface area contributed by atoms with Gasteiger partial charge in [0, 0.05) is 30.2 Å². The second kappa shape index (κ2) is 7.95. The molecule has 0 bridgehead atoms. The number of benzene rings is 1. The number of nitro groups is 1. The Bertz CT molecular complexity index is 944. The van der Waals surface area contributed by atoms with Crippen LogP contribution in [-0.4, -0.2) is 32.6 Å². The molecular formula is C17H19ClN6O4. The summed E-state index contributed by atoms with van der Waals surface area (Å²) < 4.78 is 1.47. The molecule has 1 fully saturated rings. The Morgan fingerprint density at radius 1 is 1.46 bits per heavy atom. The number of anilines is 1. The molecular weight excluding hydrogens is 388 g/mol. The molecule has 1 saturated heterocycles. The van der Waals surface area contributed by atoms with Gasteiger partial charge in [0.05, 0.1) is 10.6 Å². The minimum atomic E-state index is -0.653. The number of nitrogens with zero attached hydrogens (tertiary/aromatic N) is 3. The lowest BCUT2D eigenvalue weighted by molar-refractivity contribution is -0.384. The summed E-state index contributed by atoms with van der Waals surface area (Å²) in [6.45, 7) is 3.72. The predicted octanol–water partition coefficient (Wildman–Crippen LogP) is 2.35. The van der Waals surface area contributed by atoms with Gasteiger partial charge < -0.3 is 10.6 Å². The number of carbonyl (C=O) groups is 2. The number of amides is 2. The molecule has 148 valence electrons. The summed E-state index contributed by atoms with van der Waals surface area (Å²) in [6.07, 6.45) is 0.513. The average molecular weight is 407 g/mol. The number of hydrogen-bond donors (Lipinski definition) is 3. The highest BCUT2D eigenvalue weighted by Crippen LogP contribution is 2.26. The third-order valence-corrected chi connectivity index (χ3v) is 4.68. The fourth-order valence-corrected chi connectivity index (χ4v) is 3.13. The molecule has 0 radical (unpaired) electrons. The van der Waals surface area contributed by atoms with Crippen LogP contribution in [0.15, 0.2) is 24.3 Å². The van der Waals surface area contributed by atoms with E-state index in [1.165, 1.54) is 16.8 Å². The van der Waals surface area contributed by atoms with E-state index in [1.807, 2.05) is 6.92 Å². The van der Waals surface area contributed by atoms with E-state index in [4.69, 9.17) is 11.6 Å². The maximum Gasteiger partial charge on any atom is 0.288 e. The molecule has 11 heteroatoms. The van der Waals surface area contributed by atoms with Crippen LogP contribution in [0.2, 0.25) is 5.02 Å². The summed E-state index contributed by atoms with van der Waals surface area (Å²) in [7, 11) is 0. The molecule has 1 aromatic heterocycles. The highest BCUT2D eigenvalue weighted by Gasteiger charge is 2.28. The van der Waals surface area contributed by atoms with E-state index in [9.17, 15) is 19.7 Å². The van der Waals surface area contributed by atoms with Gasteiger partial charge in [-0.05, 0) is 25.5 Å². The first kappa shape index (κ1) is 19.8. The lowest BCUT2D eigenvalue weighted by Crippen LogP contribution is -2.53. The largest absolute Gasteiger partial charge is 0.322 e. The second-order valence-electron chi connectivity index (χ2n) is 6.44. The summed E-state index contributed by atoms with van der Waals surface area (Å²) in [4.78, 5) is 34.9.